The molecule has 33 heavy (non-hydrogen) atoms. The van der Waals surface area contributed by atoms with E-state index in [0.29, 0.717) is 25.2 Å². The highest BCUT2D eigenvalue weighted by molar-refractivity contribution is 7.91. The molecule has 0 N–H and O–H groups in total. The van der Waals surface area contributed by atoms with E-state index in [4.69, 9.17) is 0 Å². The summed E-state index contributed by atoms with van der Waals surface area (Å²) in [7, 11) is -3.07. The van der Waals surface area contributed by atoms with Crippen LogP contribution in [-0.2, 0) is 9.84 Å². The van der Waals surface area contributed by atoms with E-state index < -0.39 is 9.84 Å². The van der Waals surface area contributed by atoms with E-state index in [1.165, 1.54) is 0 Å². The molecule has 3 aromatic rings. The SMILES string of the molecule is Cc1ccc(-c2cc(C(=O)N3CCN(c4ccccc4)CC3)nn2C2CCS(=O)(=O)C2)cc1. The van der Waals surface area contributed by atoms with Crippen molar-refractivity contribution in [1.82, 2.24) is 14.7 Å². The third-order valence-corrected chi connectivity index (χ3v) is 8.30. The van der Waals surface area contributed by atoms with Crippen molar-refractivity contribution in [3.05, 3.63) is 71.9 Å². The summed E-state index contributed by atoms with van der Waals surface area (Å²) in [5.74, 6) is 0.127. The fraction of sp³-hybridized carbons (Fsp3) is 0.360. The van der Waals surface area contributed by atoms with Crippen LogP contribution in [0.5, 0.6) is 0 Å². The molecule has 2 aromatic carbocycles. The van der Waals surface area contributed by atoms with Crippen LogP contribution >= 0.6 is 0 Å². The van der Waals surface area contributed by atoms with Gasteiger partial charge in [0.2, 0.25) is 0 Å². The highest BCUT2D eigenvalue weighted by atomic mass is 32.2. The van der Waals surface area contributed by atoms with Crippen molar-refractivity contribution >= 4 is 21.4 Å². The van der Waals surface area contributed by atoms with Crippen molar-refractivity contribution in [2.24, 2.45) is 0 Å². The van der Waals surface area contributed by atoms with Crippen LogP contribution in [0.15, 0.2) is 60.7 Å². The average molecular weight is 465 g/mol. The lowest BCUT2D eigenvalue weighted by Crippen LogP contribution is -2.48. The highest BCUT2D eigenvalue weighted by Crippen LogP contribution is 2.31. The molecule has 1 unspecified atom stereocenters. The molecular formula is C25H28N4O3S. The van der Waals surface area contributed by atoms with Crippen LogP contribution in [0, 0.1) is 6.92 Å². The van der Waals surface area contributed by atoms with E-state index in [1.54, 1.807) is 4.68 Å². The maximum Gasteiger partial charge on any atom is 0.274 e. The molecule has 2 saturated heterocycles. The van der Waals surface area contributed by atoms with Crippen LogP contribution in [0.2, 0.25) is 0 Å². The molecule has 0 bridgehead atoms. The van der Waals surface area contributed by atoms with Crippen molar-refractivity contribution in [1.29, 1.82) is 0 Å². The zero-order chi connectivity index (χ0) is 23.0. The largest absolute Gasteiger partial charge is 0.368 e. The lowest BCUT2D eigenvalue weighted by Gasteiger charge is -2.35. The first-order valence-corrected chi connectivity index (χ1v) is 13.2. The number of hydrogen-bond acceptors (Lipinski definition) is 5. The maximum atomic E-state index is 13.3. The van der Waals surface area contributed by atoms with Crippen molar-refractivity contribution in [2.45, 2.75) is 19.4 Å². The second-order valence-electron chi connectivity index (χ2n) is 8.90. The first-order chi connectivity index (χ1) is 15.9. The van der Waals surface area contributed by atoms with E-state index in [0.717, 1.165) is 35.6 Å². The number of rotatable bonds is 4. The summed E-state index contributed by atoms with van der Waals surface area (Å²) >= 11 is 0. The number of carbonyl (C=O) groups is 1. The molecule has 5 rings (SSSR count). The van der Waals surface area contributed by atoms with Crippen LogP contribution < -0.4 is 4.90 Å². The number of anilines is 1. The van der Waals surface area contributed by atoms with Gasteiger partial charge in [0.05, 0.1) is 23.2 Å². The Hall–Kier alpha value is -3.13. The molecule has 2 aliphatic heterocycles. The Bertz CT molecular complexity index is 1240. The molecule has 7 nitrogen and oxygen atoms in total. The van der Waals surface area contributed by atoms with Gasteiger partial charge in [-0.25, -0.2) is 8.42 Å². The number of aryl methyl sites for hydroxylation is 1. The smallest absolute Gasteiger partial charge is 0.274 e. The molecule has 3 heterocycles. The monoisotopic (exact) mass is 464 g/mol. The first kappa shape index (κ1) is 21.7. The zero-order valence-electron chi connectivity index (χ0n) is 18.7. The maximum absolute atomic E-state index is 13.3. The summed E-state index contributed by atoms with van der Waals surface area (Å²) in [5.41, 5.74) is 4.41. The van der Waals surface area contributed by atoms with E-state index >= 15 is 0 Å². The molecule has 8 heteroatoms. The summed E-state index contributed by atoms with van der Waals surface area (Å²) in [5, 5.41) is 4.66. The number of aromatic nitrogens is 2. The fourth-order valence-corrected chi connectivity index (χ4v) is 6.35. The van der Waals surface area contributed by atoms with Crippen LogP contribution in [0.25, 0.3) is 11.3 Å². The van der Waals surface area contributed by atoms with Gasteiger partial charge in [-0.15, -0.1) is 0 Å². The predicted molar refractivity (Wildman–Crippen MR) is 129 cm³/mol. The van der Waals surface area contributed by atoms with E-state index in [2.05, 4.69) is 22.1 Å². The van der Waals surface area contributed by atoms with E-state index in [1.807, 2.05) is 60.4 Å². The van der Waals surface area contributed by atoms with Gasteiger partial charge in [-0.3, -0.25) is 9.48 Å². The molecule has 2 aliphatic rings. The molecule has 1 amide bonds. The number of piperazine rings is 1. The van der Waals surface area contributed by atoms with Crippen molar-refractivity contribution in [3.63, 3.8) is 0 Å². The Morgan fingerprint density at radius 2 is 1.67 bits per heavy atom. The lowest BCUT2D eigenvalue weighted by atomic mass is 10.1. The van der Waals surface area contributed by atoms with Crippen molar-refractivity contribution < 1.29 is 13.2 Å². The van der Waals surface area contributed by atoms with Gasteiger partial charge in [0, 0.05) is 31.9 Å². The number of hydrogen-bond donors (Lipinski definition) is 0. The topological polar surface area (TPSA) is 75.5 Å². The molecule has 0 radical (unpaired) electrons. The molecular weight excluding hydrogens is 436 g/mol. The van der Waals surface area contributed by atoms with Crippen LogP contribution in [0.4, 0.5) is 5.69 Å². The van der Waals surface area contributed by atoms with Crippen LogP contribution in [0.3, 0.4) is 0 Å². The van der Waals surface area contributed by atoms with Gasteiger partial charge < -0.3 is 9.80 Å². The number of amides is 1. The Labute approximate surface area is 194 Å². The fourth-order valence-electron chi connectivity index (χ4n) is 4.65. The second kappa shape index (κ2) is 8.67. The van der Waals surface area contributed by atoms with E-state index in [-0.39, 0.29) is 23.5 Å². The number of benzene rings is 2. The number of sulfone groups is 1. The quantitative estimate of drug-likeness (QED) is 0.593. The summed E-state index contributed by atoms with van der Waals surface area (Å²) in [4.78, 5) is 17.5. The average Bonchev–Trinajstić information content (AvgIpc) is 3.43. The van der Waals surface area contributed by atoms with Gasteiger partial charge >= 0.3 is 0 Å². The molecule has 172 valence electrons. The molecule has 0 saturated carbocycles. The summed E-state index contributed by atoms with van der Waals surface area (Å²) in [6, 6.07) is 19.8. The van der Waals surface area contributed by atoms with Gasteiger partial charge in [-0.1, -0.05) is 48.0 Å². The van der Waals surface area contributed by atoms with Crippen LogP contribution in [-0.4, -0.2) is 66.7 Å². The highest BCUT2D eigenvalue weighted by Gasteiger charge is 2.33. The number of para-hydroxylation sites is 1. The third kappa shape index (κ3) is 4.53. The normalized spacial score (nSPS) is 20.2. The van der Waals surface area contributed by atoms with Crippen molar-refractivity contribution in [2.75, 3.05) is 42.6 Å². The lowest BCUT2D eigenvalue weighted by molar-refractivity contribution is 0.0739. The minimum atomic E-state index is -3.07. The van der Waals surface area contributed by atoms with Crippen LogP contribution in [0.1, 0.15) is 28.5 Å². The Morgan fingerprint density at radius 1 is 0.970 bits per heavy atom. The standard InChI is InChI=1S/C25H28N4O3S/c1-19-7-9-20(10-8-19)24-17-23(26-29(24)22-11-16-33(31,32)18-22)25(30)28-14-12-27(13-15-28)21-5-3-2-4-6-21/h2-10,17,22H,11-16,18H2,1H3. The molecule has 0 spiro atoms. The zero-order valence-corrected chi connectivity index (χ0v) is 19.5. The molecule has 0 aliphatic carbocycles. The van der Waals surface area contributed by atoms with Gasteiger partial charge in [0.25, 0.3) is 5.91 Å². The Morgan fingerprint density at radius 3 is 2.30 bits per heavy atom. The van der Waals surface area contributed by atoms with Gasteiger partial charge in [0.15, 0.2) is 15.5 Å². The Balaban J connectivity index is 1.39. The molecule has 2 fully saturated rings. The van der Waals surface area contributed by atoms with Crippen molar-refractivity contribution in [3.8, 4) is 11.3 Å². The third-order valence-electron chi connectivity index (χ3n) is 6.54. The Kier molecular flexibility index (Phi) is 5.70. The minimum Gasteiger partial charge on any atom is -0.368 e. The molecule has 1 aromatic heterocycles. The number of nitrogens with zero attached hydrogens (tertiary/aromatic N) is 4. The summed E-state index contributed by atoms with van der Waals surface area (Å²) in [6.45, 7) is 4.80. The first-order valence-electron chi connectivity index (χ1n) is 11.4. The van der Waals surface area contributed by atoms with Gasteiger partial charge in [-0.05, 0) is 37.1 Å². The molecule has 1 atom stereocenters. The minimum absolute atomic E-state index is 0.0664. The van der Waals surface area contributed by atoms with Gasteiger partial charge in [-0.2, -0.15) is 5.10 Å². The summed E-state index contributed by atoms with van der Waals surface area (Å²) < 4.78 is 26.0. The predicted octanol–water partition coefficient (Wildman–Crippen LogP) is 3.18. The number of carbonyl (C=O) groups excluding carboxylic acids is 1. The van der Waals surface area contributed by atoms with Gasteiger partial charge in [0.1, 0.15) is 0 Å². The summed E-state index contributed by atoms with van der Waals surface area (Å²) in [6.07, 6.45) is 0.520. The van der Waals surface area contributed by atoms with E-state index in [9.17, 15) is 13.2 Å². The second-order valence-corrected chi connectivity index (χ2v) is 11.1.